The number of fused-ring (bicyclic) bond motifs is 5. The van der Waals surface area contributed by atoms with E-state index in [1.807, 2.05) is 6.92 Å². The maximum absolute atomic E-state index is 14.3. The Morgan fingerprint density at radius 3 is 2.64 bits per heavy atom. The second-order valence-corrected chi connectivity index (χ2v) is 13.6. The standard InChI is InChI=1S/C31H37F2N4O12P/c1-5-23(48-50(42,43)44)18(4)47-30(41)46-15-45-27-25-29(40)36-14-24(31(9-8-17(36)3)11-16(2)35-49-31)37(25)13-21(26(27)38)28(39)34-12-19-6-7-20(32)10-22(19)33/h6-7,10,13,17-18,23-24H,5,8-9,11-12,14-15H2,1-4H3,(H,34,39)(H2,42,43,44)/t17-,18+,23-,24+,31-/m0/s1. The lowest BCUT2D eigenvalue weighted by Crippen LogP contribution is -2.52. The van der Waals surface area contributed by atoms with Crippen LogP contribution in [0.25, 0.3) is 0 Å². The number of phosphoric ester groups is 1. The largest absolute Gasteiger partial charge is 0.511 e. The molecule has 3 aliphatic heterocycles. The van der Waals surface area contributed by atoms with Crippen molar-refractivity contribution in [2.75, 3.05) is 13.3 Å². The molecule has 1 spiro atoms. The Labute approximate surface area is 284 Å². The Kier molecular flexibility index (Phi) is 10.7. The number of halogens is 2. The number of nitrogens with zero attached hydrogens (tertiary/aromatic N) is 3. The molecule has 2 bridgehead atoms. The summed E-state index contributed by atoms with van der Waals surface area (Å²) in [5.41, 5.74) is -2.07. The Bertz CT molecular complexity index is 1820. The first-order valence-corrected chi connectivity index (χ1v) is 17.3. The molecule has 0 aliphatic carbocycles. The SMILES string of the molecule is CC[C@H](OP(=O)(O)O)[C@@H](C)OC(=O)OCOc1c2n(cc(C(=O)NCc3ccc(F)cc3F)c1=O)[C@@H]1CN(C2=O)[C@@H](C)CC[C@]12CC(C)=NO2. The molecule has 0 radical (unpaired) electrons. The van der Waals surface area contributed by atoms with E-state index >= 15 is 0 Å². The summed E-state index contributed by atoms with van der Waals surface area (Å²) in [7, 11) is -4.90. The van der Waals surface area contributed by atoms with Crippen molar-refractivity contribution in [2.45, 2.75) is 89.8 Å². The summed E-state index contributed by atoms with van der Waals surface area (Å²) in [4.78, 5) is 79.7. The van der Waals surface area contributed by atoms with Crippen molar-refractivity contribution in [3.05, 3.63) is 63.1 Å². The van der Waals surface area contributed by atoms with Crippen molar-refractivity contribution in [1.29, 1.82) is 0 Å². The highest BCUT2D eigenvalue weighted by molar-refractivity contribution is 7.46. The number of rotatable bonds is 11. The van der Waals surface area contributed by atoms with Crippen molar-refractivity contribution >= 4 is 31.5 Å². The minimum atomic E-state index is -4.90. The van der Waals surface area contributed by atoms with E-state index in [-0.39, 0.29) is 30.3 Å². The van der Waals surface area contributed by atoms with Gasteiger partial charge in [0.05, 0.1) is 11.8 Å². The summed E-state index contributed by atoms with van der Waals surface area (Å²) in [5.74, 6) is -3.91. The molecule has 0 saturated carbocycles. The monoisotopic (exact) mass is 726 g/mol. The molecule has 1 fully saturated rings. The molecular weight excluding hydrogens is 689 g/mol. The van der Waals surface area contributed by atoms with E-state index in [2.05, 4.69) is 15.0 Å². The first-order valence-electron chi connectivity index (χ1n) is 15.8. The van der Waals surface area contributed by atoms with Crippen LogP contribution in [-0.4, -0.2) is 80.1 Å². The summed E-state index contributed by atoms with van der Waals surface area (Å²) >= 11 is 0. The number of aromatic nitrogens is 1. The fourth-order valence-corrected chi connectivity index (χ4v) is 7.08. The minimum absolute atomic E-state index is 0.0542. The molecule has 272 valence electrons. The Morgan fingerprint density at radius 2 is 2.00 bits per heavy atom. The van der Waals surface area contributed by atoms with Gasteiger partial charge >= 0.3 is 14.0 Å². The quantitative estimate of drug-likeness (QED) is 0.173. The smallest absolute Gasteiger partial charge is 0.451 e. The number of carbonyl (C=O) groups is 3. The normalized spacial score (nSPS) is 22.5. The van der Waals surface area contributed by atoms with Gasteiger partial charge in [0.2, 0.25) is 18.0 Å². The van der Waals surface area contributed by atoms with Crippen LogP contribution in [0.15, 0.2) is 34.3 Å². The predicted octanol–water partition coefficient (Wildman–Crippen LogP) is 3.54. The Hall–Kier alpha value is -4.38. The number of hydrogen-bond acceptors (Lipinski definition) is 11. The molecule has 50 heavy (non-hydrogen) atoms. The highest BCUT2D eigenvalue weighted by Crippen LogP contribution is 2.46. The lowest BCUT2D eigenvalue weighted by molar-refractivity contribution is -0.0660. The number of carbonyl (C=O) groups excluding carboxylic acids is 3. The fraction of sp³-hybridized carbons (Fsp3) is 0.516. The molecule has 3 N–H and O–H groups in total. The molecule has 2 aromatic rings. The van der Waals surface area contributed by atoms with Gasteiger partial charge in [-0.2, -0.15) is 0 Å². The molecule has 5 atom stereocenters. The maximum atomic E-state index is 14.3. The van der Waals surface area contributed by atoms with Gasteiger partial charge in [-0.15, -0.1) is 0 Å². The predicted molar refractivity (Wildman–Crippen MR) is 168 cm³/mol. The number of oxime groups is 1. The second kappa shape index (κ2) is 14.5. The molecule has 1 aromatic heterocycles. The van der Waals surface area contributed by atoms with Gasteiger partial charge in [0.25, 0.3) is 11.8 Å². The van der Waals surface area contributed by atoms with Gasteiger partial charge < -0.3 is 43.6 Å². The van der Waals surface area contributed by atoms with Crippen molar-refractivity contribution in [3.8, 4) is 5.75 Å². The average Bonchev–Trinajstić information content (AvgIpc) is 3.37. The zero-order valence-corrected chi connectivity index (χ0v) is 28.5. The minimum Gasteiger partial charge on any atom is -0.451 e. The zero-order valence-electron chi connectivity index (χ0n) is 27.6. The molecule has 16 nitrogen and oxygen atoms in total. The van der Waals surface area contributed by atoms with Crippen LogP contribution in [0.4, 0.5) is 13.6 Å². The van der Waals surface area contributed by atoms with Crippen LogP contribution in [0.1, 0.15) is 85.8 Å². The van der Waals surface area contributed by atoms with E-state index < -0.39 is 91.4 Å². The molecule has 0 unspecified atom stereocenters. The van der Waals surface area contributed by atoms with Gasteiger partial charge in [-0.1, -0.05) is 18.1 Å². The topological polar surface area (TPSA) is 205 Å². The van der Waals surface area contributed by atoms with Crippen LogP contribution in [0.5, 0.6) is 5.75 Å². The molecule has 1 aromatic carbocycles. The van der Waals surface area contributed by atoms with E-state index in [0.29, 0.717) is 31.0 Å². The summed E-state index contributed by atoms with van der Waals surface area (Å²) in [6, 6.07) is 1.86. The number of ether oxygens (including phenoxy) is 3. The van der Waals surface area contributed by atoms with Gasteiger partial charge in [-0.05, 0) is 46.1 Å². The van der Waals surface area contributed by atoms with E-state index in [4.69, 9.17) is 28.8 Å². The highest BCUT2D eigenvalue weighted by atomic mass is 31.2. The van der Waals surface area contributed by atoms with Crippen LogP contribution >= 0.6 is 7.82 Å². The van der Waals surface area contributed by atoms with E-state index in [1.165, 1.54) is 17.7 Å². The van der Waals surface area contributed by atoms with Crippen LogP contribution in [0, 0.1) is 11.6 Å². The summed E-state index contributed by atoms with van der Waals surface area (Å²) < 4.78 is 60.7. The maximum Gasteiger partial charge on any atom is 0.511 e. The molecular formula is C31H37F2N4O12P. The molecule has 19 heteroatoms. The van der Waals surface area contributed by atoms with E-state index in [0.717, 1.165) is 12.1 Å². The molecule has 2 amide bonds. The van der Waals surface area contributed by atoms with Crippen molar-refractivity contribution in [3.63, 3.8) is 0 Å². The molecule has 4 heterocycles. The van der Waals surface area contributed by atoms with Gasteiger partial charge in [-0.3, -0.25) is 18.9 Å². The number of amides is 2. The third-order valence-corrected chi connectivity index (χ3v) is 9.53. The summed E-state index contributed by atoms with van der Waals surface area (Å²) in [6.07, 6.45) is -1.02. The van der Waals surface area contributed by atoms with Crippen LogP contribution < -0.4 is 15.5 Å². The number of phosphoric acid groups is 1. The first-order chi connectivity index (χ1) is 23.5. The van der Waals surface area contributed by atoms with Crippen LogP contribution in [0.2, 0.25) is 0 Å². The van der Waals surface area contributed by atoms with Gasteiger partial charge in [0.1, 0.15) is 29.4 Å². The molecule has 3 aliphatic rings. The van der Waals surface area contributed by atoms with Crippen molar-refractivity contribution < 1.29 is 61.1 Å². The lowest BCUT2D eigenvalue weighted by atomic mass is 9.84. The highest BCUT2D eigenvalue weighted by Gasteiger charge is 2.54. The average molecular weight is 727 g/mol. The third-order valence-electron chi connectivity index (χ3n) is 8.98. The molecule has 1 saturated heterocycles. The fourth-order valence-electron chi connectivity index (χ4n) is 6.41. The van der Waals surface area contributed by atoms with Gasteiger partial charge in [0, 0.05) is 43.4 Å². The van der Waals surface area contributed by atoms with Crippen LogP contribution in [-0.2, 0) is 29.9 Å². The third kappa shape index (κ3) is 7.67. The van der Waals surface area contributed by atoms with E-state index in [9.17, 15) is 32.5 Å². The zero-order chi connectivity index (χ0) is 36.5. The number of pyridine rings is 1. The number of benzene rings is 1. The number of hydrogen-bond donors (Lipinski definition) is 3. The Morgan fingerprint density at radius 1 is 1.26 bits per heavy atom. The Balaban J connectivity index is 1.47. The van der Waals surface area contributed by atoms with Gasteiger partial charge in [0.15, 0.2) is 11.3 Å². The number of nitrogens with one attached hydrogen (secondary N) is 1. The van der Waals surface area contributed by atoms with Crippen molar-refractivity contribution in [1.82, 2.24) is 14.8 Å². The van der Waals surface area contributed by atoms with Crippen molar-refractivity contribution in [2.24, 2.45) is 5.16 Å². The summed E-state index contributed by atoms with van der Waals surface area (Å²) in [5, 5.41) is 6.61. The lowest BCUT2D eigenvalue weighted by Gasteiger charge is -2.42. The van der Waals surface area contributed by atoms with Gasteiger partial charge in [-0.25, -0.2) is 18.1 Å². The summed E-state index contributed by atoms with van der Waals surface area (Å²) in [6.45, 7) is 5.26. The van der Waals surface area contributed by atoms with Crippen LogP contribution in [0.3, 0.4) is 0 Å². The second-order valence-electron chi connectivity index (χ2n) is 12.4. The first kappa shape index (κ1) is 36.9. The molecule has 5 rings (SSSR count). The van der Waals surface area contributed by atoms with E-state index in [1.54, 1.807) is 18.7 Å².